The van der Waals surface area contributed by atoms with Crippen molar-refractivity contribution in [3.63, 3.8) is 0 Å². The van der Waals surface area contributed by atoms with Crippen molar-refractivity contribution >= 4 is 18.6 Å². The van der Waals surface area contributed by atoms with E-state index >= 15 is 0 Å². The predicted octanol–water partition coefficient (Wildman–Crippen LogP) is 2.48. The van der Waals surface area contributed by atoms with Crippen molar-refractivity contribution in [2.24, 2.45) is 0 Å². The Morgan fingerprint density at radius 3 is 2.41 bits per heavy atom. The molecule has 1 saturated heterocycles. The minimum atomic E-state index is -0.335. The summed E-state index contributed by atoms with van der Waals surface area (Å²) in [6, 6.07) is 8.22. The molecule has 5 heteroatoms. The van der Waals surface area contributed by atoms with E-state index in [9.17, 15) is 4.79 Å². The molecule has 120 valence electrons. The lowest BCUT2D eigenvalue weighted by Crippen LogP contribution is -2.41. The van der Waals surface area contributed by atoms with Crippen molar-refractivity contribution in [1.29, 1.82) is 0 Å². The van der Waals surface area contributed by atoms with Crippen molar-refractivity contribution in [3.8, 4) is 0 Å². The van der Waals surface area contributed by atoms with E-state index in [-0.39, 0.29) is 24.3 Å². The molecular formula is C17H25BO4. The predicted molar refractivity (Wildman–Crippen MR) is 87.1 cm³/mol. The highest BCUT2D eigenvalue weighted by atomic mass is 16.7. The van der Waals surface area contributed by atoms with Gasteiger partial charge in [0.2, 0.25) is 0 Å². The largest absolute Gasteiger partial charge is 0.494 e. The second-order valence-electron chi connectivity index (χ2n) is 6.78. The van der Waals surface area contributed by atoms with E-state index in [4.69, 9.17) is 14.0 Å². The molecule has 2 rings (SSSR count). The summed E-state index contributed by atoms with van der Waals surface area (Å²) in [4.78, 5) is 10.7. The maximum Gasteiger partial charge on any atom is 0.494 e. The SMILES string of the molecule is CC(=O)OCCCc1cccc(B2OC(C)(C)C(C)(C)O2)c1. The molecule has 0 N–H and O–H groups in total. The van der Waals surface area contributed by atoms with E-state index in [1.807, 2.05) is 12.1 Å². The number of hydrogen-bond acceptors (Lipinski definition) is 4. The molecule has 0 radical (unpaired) electrons. The number of aryl methyl sites for hydroxylation is 1. The summed E-state index contributed by atoms with van der Waals surface area (Å²) in [7, 11) is -0.335. The van der Waals surface area contributed by atoms with Gasteiger partial charge in [-0.2, -0.15) is 0 Å². The fourth-order valence-electron chi connectivity index (χ4n) is 2.37. The van der Waals surface area contributed by atoms with E-state index in [0.29, 0.717) is 6.61 Å². The number of ether oxygens (including phenoxy) is 1. The van der Waals surface area contributed by atoms with Crippen LogP contribution < -0.4 is 5.46 Å². The first kappa shape index (κ1) is 17.0. The molecular weight excluding hydrogens is 279 g/mol. The number of hydrogen-bond donors (Lipinski definition) is 0. The van der Waals surface area contributed by atoms with Gasteiger partial charge in [-0.1, -0.05) is 24.3 Å². The van der Waals surface area contributed by atoms with Gasteiger partial charge in [0.05, 0.1) is 17.8 Å². The van der Waals surface area contributed by atoms with Crippen LogP contribution in [0.4, 0.5) is 0 Å². The summed E-state index contributed by atoms with van der Waals surface area (Å²) >= 11 is 0. The minimum absolute atomic E-state index is 0.231. The highest BCUT2D eigenvalue weighted by Gasteiger charge is 2.51. The quantitative estimate of drug-likeness (QED) is 0.476. The molecule has 0 atom stereocenters. The minimum Gasteiger partial charge on any atom is -0.466 e. The number of carbonyl (C=O) groups is 1. The molecule has 1 aliphatic heterocycles. The number of carbonyl (C=O) groups excluding carboxylic acids is 1. The van der Waals surface area contributed by atoms with E-state index in [2.05, 4.69) is 39.8 Å². The summed E-state index contributed by atoms with van der Waals surface area (Å²) in [6.45, 7) is 10.1. The first-order valence-electron chi connectivity index (χ1n) is 7.79. The van der Waals surface area contributed by atoms with Crippen LogP contribution in [0, 0.1) is 0 Å². The van der Waals surface area contributed by atoms with Gasteiger partial charge in [0.15, 0.2) is 0 Å². The average molecular weight is 304 g/mol. The molecule has 0 aliphatic carbocycles. The van der Waals surface area contributed by atoms with Crippen molar-refractivity contribution in [3.05, 3.63) is 29.8 Å². The fraction of sp³-hybridized carbons (Fsp3) is 0.588. The Labute approximate surface area is 133 Å². The molecule has 1 fully saturated rings. The van der Waals surface area contributed by atoms with E-state index in [1.165, 1.54) is 12.5 Å². The van der Waals surface area contributed by atoms with Crippen LogP contribution in [0.1, 0.15) is 46.6 Å². The average Bonchev–Trinajstić information content (AvgIpc) is 2.64. The van der Waals surface area contributed by atoms with Gasteiger partial charge in [-0.25, -0.2) is 0 Å². The zero-order valence-corrected chi connectivity index (χ0v) is 14.1. The molecule has 4 nitrogen and oxygen atoms in total. The molecule has 1 aliphatic rings. The number of benzene rings is 1. The van der Waals surface area contributed by atoms with E-state index in [1.54, 1.807) is 0 Å². The highest BCUT2D eigenvalue weighted by Crippen LogP contribution is 2.36. The smallest absolute Gasteiger partial charge is 0.466 e. The van der Waals surface area contributed by atoms with Gasteiger partial charge >= 0.3 is 13.1 Å². The van der Waals surface area contributed by atoms with Crippen LogP contribution in [0.25, 0.3) is 0 Å². The van der Waals surface area contributed by atoms with Crippen LogP contribution in [0.15, 0.2) is 24.3 Å². The number of rotatable bonds is 5. The normalized spacial score (nSPS) is 19.2. The van der Waals surface area contributed by atoms with Crippen LogP contribution >= 0.6 is 0 Å². The lowest BCUT2D eigenvalue weighted by molar-refractivity contribution is -0.141. The summed E-state index contributed by atoms with van der Waals surface area (Å²) in [5.74, 6) is -0.231. The molecule has 0 spiro atoms. The van der Waals surface area contributed by atoms with Gasteiger partial charge in [0, 0.05) is 6.92 Å². The summed E-state index contributed by atoms with van der Waals surface area (Å²) in [5, 5.41) is 0. The monoisotopic (exact) mass is 304 g/mol. The van der Waals surface area contributed by atoms with Crippen LogP contribution in [-0.2, 0) is 25.3 Å². The molecule has 0 saturated carbocycles. The topological polar surface area (TPSA) is 44.8 Å². The standard InChI is InChI=1S/C17H25BO4/c1-13(19)20-11-7-9-14-8-6-10-15(12-14)18-21-16(2,3)17(4,5)22-18/h6,8,10,12H,7,9,11H2,1-5H3. The van der Waals surface area contributed by atoms with Gasteiger partial charge in [0.1, 0.15) is 0 Å². The maximum absolute atomic E-state index is 10.7. The van der Waals surface area contributed by atoms with Crippen LogP contribution in [0.2, 0.25) is 0 Å². The van der Waals surface area contributed by atoms with Crippen LogP contribution in [0.3, 0.4) is 0 Å². The number of esters is 1. The van der Waals surface area contributed by atoms with Crippen molar-refractivity contribution in [2.75, 3.05) is 6.61 Å². The summed E-state index contributed by atoms with van der Waals surface area (Å²) in [5.41, 5.74) is 1.56. The van der Waals surface area contributed by atoms with Gasteiger partial charge in [-0.05, 0) is 51.6 Å². The second kappa shape index (κ2) is 6.43. The lowest BCUT2D eigenvalue weighted by Gasteiger charge is -2.32. The van der Waals surface area contributed by atoms with E-state index in [0.717, 1.165) is 18.3 Å². The molecule has 0 amide bonds. The maximum atomic E-state index is 10.7. The van der Waals surface area contributed by atoms with Crippen molar-refractivity contribution in [1.82, 2.24) is 0 Å². The fourth-order valence-corrected chi connectivity index (χ4v) is 2.37. The van der Waals surface area contributed by atoms with Crippen LogP contribution in [0.5, 0.6) is 0 Å². The van der Waals surface area contributed by atoms with E-state index < -0.39 is 0 Å². The summed E-state index contributed by atoms with van der Waals surface area (Å²) in [6.07, 6.45) is 1.67. The summed E-state index contributed by atoms with van der Waals surface area (Å²) < 4.78 is 17.1. The third kappa shape index (κ3) is 3.90. The molecule has 1 aromatic carbocycles. The third-order valence-electron chi connectivity index (χ3n) is 4.39. The first-order valence-corrected chi connectivity index (χ1v) is 7.79. The second-order valence-corrected chi connectivity index (χ2v) is 6.78. The van der Waals surface area contributed by atoms with Gasteiger partial charge in [-0.15, -0.1) is 0 Å². The Kier molecular flexibility index (Phi) is 4.98. The van der Waals surface area contributed by atoms with Crippen molar-refractivity contribution < 1.29 is 18.8 Å². The zero-order valence-electron chi connectivity index (χ0n) is 14.1. The van der Waals surface area contributed by atoms with Gasteiger partial charge in [0.25, 0.3) is 0 Å². The Balaban J connectivity index is 1.99. The Hall–Kier alpha value is -1.33. The zero-order chi connectivity index (χ0) is 16.4. The molecule has 0 bridgehead atoms. The Bertz CT molecular complexity index is 523. The molecule has 0 aromatic heterocycles. The van der Waals surface area contributed by atoms with Gasteiger partial charge in [-0.3, -0.25) is 4.79 Å². The Morgan fingerprint density at radius 1 is 1.18 bits per heavy atom. The van der Waals surface area contributed by atoms with Gasteiger partial charge < -0.3 is 14.0 Å². The van der Waals surface area contributed by atoms with Crippen LogP contribution in [-0.4, -0.2) is 30.9 Å². The molecule has 0 unspecified atom stereocenters. The molecule has 1 heterocycles. The lowest BCUT2D eigenvalue weighted by atomic mass is 9.78. The molecule has 1 aromatic rings. The molecule has 22 heavy (non-hydrogen) atoms. The van der Waals surface area contributed by atoms with Crippen molar-refractivity contribution in [2.45, 2.75) is 58.7 Å². The first-order chi connectivity index (χ1) is 10.2. The highest BCUT2D eigenvalue weighted by molar-refractivity contribution is 6.62. The Morgan fingerprint density at radius 2 is 1.82 bits per heavy atom. The third-order valence-corrected chi connectivity index (χ3v) is 4.39.